The molecule has 2 heterocycles. The van der Waals surface area contributed by atoms with E-state index in [9.17, 15) is 9.59 Å². The number of aromatic nitrogens is 2. The van der Waals surface area contributed by atoms with E-state index in [4.69, 9.17) is 4.52 Å². The number of nitrogens with one attached hydrogen (secondary N) is 1. The summed E-state index contributed by atoms with van der Waals surface area (Å²) in [6.07, 6.45) is 3.68. The lowest BCUT2D eigenvalue weighted by Crippen LogP contribution is -2.36. The second-order valence-electron chi connectivity index (χ2n) is 8.90. The fourth-order valence-corrected chi connectivity index (χ4v) is 3.48. The minimum atomic E-state index is -0.145. The van der Waals surface area contributed by atoms with Gasteiger partial charge >= 0.3 is 0 Å². The van der Waals surface area contributed by atoms with Gasteiger partial charge in [-0.3, -0.25) is 9.59 Å². The second kappa shape index (κ2) is 9.87. The maximum Gasteiger partial charge on any atom is 0.226 e. The van der Waals surface area contributed by atoms with Crippen molar-refractivity contribution in [1.29, 1.82) is 0 Å². The van der Waals surface area contributed by atoms with Gasteiger partial charge in [0.2, 0.25) is 17.7 Å². The minimum absolute atomic E-state index is 0.00934. The monoisotopic (exact) mass is 412 g/mol. The fourth-order valence-electron chi connectivity index (χ4n) is 3.48. The summed E-state index contributed by atoms with van der Waals surface area (Å²) in [6, 6.07) is 8.29. The van der Waals surface area contributed by atoms with Crippen LogP contribution in [0.15, 0.2) is 28.8 Å². The molecule has 0 saturated heterocycles. The number of amides is 2. The lowest BCUT2D eigenvalue weighted by atomic mass is 9.96. The Morgan fingerprint density at radius 1 is 1.13 bits per heavy atom. The van der Waals surface area contributed by atoms with E-state index < -0.39 is 0 Å². The van der Waals surface area contributed by atoms with Crippen LogP contribution < -0.4 is 5.32 Å². The van der Waals surface area contributed by atoms with E-state index in [-0.39, 0.29) is 17.2 Å². The molecule has 0 unspecified atom stereocenters. The summed E-state index contributed by atoms with van der Waals surface area (Å²) < 4.78 is 5.24. The molecular weight excluding hydrogens is 380 g/mol. The van der Waals surface area contributed by atoms with Crippen molar-refractivity contribution < 1.29 is 14.1 Å². The van der Waals surface area contributed by atoms with Crippen LogP contribution >= 0.6 is 0 Å². The first-order valence-electron chi connectivity index (χ1n) is 10.8. The molecule has 0 aliphatic carbocycles. The van der Waals surface area contributed by atoms with Crippen molar-refractivity contribution in [3.63, 3.8) is 0 Å². The van der Waals surface area contributed by atoms with Gasteiger partial charge in [-0.25, -0.2) is 0 Å². The molecule has 1 aromatic heterocycles. The zero-order chi connectivity index (χ0) is 21.6. The number of nitrogens with zero attached hydrogens (tertiary/aromatic N) is 3. The molecule has 1 aliphatic rings. The molecule has 0 radical (unpaired) electrons. The summed E-state index contributed by atoms with van der Waals surface area (Å²) in [5, 5.41) is 6.89. The summed E-state index contributed by atoms with van der Waals surface area (Å²) in [5.74, 6) is 1.40. The van der Waals surface area contributed by atoms with Gasteiger partial charge < -0.3 is 14.7 Å². The maximum atomic E-state index is 12.4. The highest BCUT2D eigenvalue weighted by molar-refractivity contribution is 5.77. The van der Waals surface area contributed by atoms with Gasteiger partial charge in [0, 0.05) is 44.3 Å². The van der Waals surface area contributed by atoms with Crippen LogP contribution in [-0.4, -0.2) is 39.9 Å². The van der Waals surface area contributed by atoms with Gasteiger partial charge in [0.1, 0.15) is 0 Å². The van der Waals surface area contributed by atoms with Crippen molar-refractivity contribution in [2.75, 3.05) is 13.1 Å². The smallest absolute Gasteiger partial charge is 0.226 e. The average Bonchev–Trinajstić information content (AvgIpc) is 3.20. The molecule has 7 nitrogen and oxygen atoms in total. The Morgan fingerprint density at radius 3 is 2.63 bits per heavy atom. The van der Waals surface area contributed by atoms with Gasteiger partial charge in [0.05, 0.1) is 0 Å². The molecule has 2 amide bonds. The lowest BCUT2D eigenvalue weighted by molar-refractivity contribution is -0.132. The summed E-state index contributed by atoms with van der Waals surface area (Å²) >= 11 is 0. The number of fused-ring (bicyclic) bond motifs is 1. The Kier molecular flexibility index (Phi) is 7.24. The Hall–Kier alpha value is -2.70. The Balaban J connectivity index is 1.29. The predicted octanol–water partition coefficient (Wildman–Crippen LogP) is 3.17. The molecule has 1 N–H and O–H groups in total. The van der Waals surface area contributed by atoms with Gasteiger partial charge in [-0.2, -0.15) is 4.98 Å². The number of benzene rings is 1. The normalized spacial score (nSPS) is 13.8. The van der Waals surface area contributed by atoms with Gasteiger partial charge in [-0.05, 0) is 30.4 Å². The molecule has 7 heteroatoms. The van der Waals surface area contributed by atoms with E-state index in [0.717, 1.165) is 13.0 Å². The second-order valence-corrected chi connectivity index (χ2v) is 8.90. The molecule has 30 heavy (non-hydrogen) atoms. The quantitative estimate of drug-likeness (QED) is 0.673. The molecule has 162 valence electrons. The summed E-state index contributed by atoms with van der Waals surface area (Å²) in [4.78, 5) is 30.7. The standard InChI is InChI=1S/C23H32N4O3/c1-23(2,3)22-25-20(30-26-22)11-6-10-19(28)24-14-7-12-21(29)27-15-13-17-8-4-5-9-18(17)16-27/h4-5,8-9H,6-7,10-16H2,1-3H3,(H,24,28). The third-order valence-electron chi connectivity index (χ3n) is 5.31. The van der Waals surface area contributed by atoms with Crippen molar-refractivity contribution in [3.05, 3.63) is 47.1 Å². The van der Waals surface area contributed by atoms with Crippen LogP contribution in [0.5, 0.6) is 0 Å². The molecule has 0 saturated carbocycles. The zero-order valence-electron chi connectivity index (χ0n) is 18.2. The summed E-state index contributed by atoms with van der Waals surface area (Å²) in [5.41, 5.74) is 2.43. The van der Waals surface area contributed by atoms with Crippen LogP contribution in [0.25, 0.3) is 0 Å². The highest BCUT2D eigenvalue weighted by Gasteiger charge is 2.21. The van der Waals surface area contributed by atoms with Crippen LogP contribution in [-0.2, 0) is 34.4 Å². The van der Waals surface area contributed by atoms with E-state index in [1.807, 2.05) is 37.8 Å². The highest BCUT2D eigenvalue weighted by atomic mass is 16.5. The number of hydrogen-bond donors (Lipinski definition) is 1. The third-order valence-corrected chi connectivity index (χ3v) is 5.31. The molecule has 0 fully saturated rings. The van der Waals surface area contributed by atoms with Crippen LogP contribution in [0, 0.1) is 0 Å². The van der Waals surface area contributed by atoms with Crippen molar-refractivity contribution >= 4 is 11.8 Å². The van der Waals surface area contributed by atoms with Crippen molar-refractivity contribution in [1.82, 2.24) is 20.4 Å². The predicted molar refractivity (Wildman–Crippen MR) is 114 cm³/mol. The largest absolute Gasteiger partial charge is 0.356 e. The first-order valence-corrected chi connectivity index (χ1v) is 10.8. The van der Waals surface area contributed by atoms with E-state index in [2.05, 4.69) is 27.6 Å². The first-order chi connectivity index (χ1) is 14.3. The van der Waals surface area contributed by atoms with Crippen molar-refractivity contribution in [3.8, 4) is 0 Å². The van der Waals surface area contributed by atoms with Crippen LogP contribution in [0.1, 0.15) is 69.3 Å². The Bertz CT molecular complexity index is 869. The zero-order valence-corrected chi connectivity index (χ0v) is 18.2. The van der Waals surface area contributed by atoms with E-state index >= 15 is 0 Å². The number of aryl methyl sites for hydroxylation is 1. The number of rotatable bonds is 8. The van der Waals surface area contributed by atoms with E-state index in [1.165, 1.54) is 11.1 Å². The highest BCUT2D eigenvalue weighted by Crippen LogP contribution is 2.20. The number of hydrogen-bond acceptors (Lipinski definition) is 5. The molecule has 0 spiro atoms. The summed E-state index contributed by atoms with van der Waals surface area (Å²) in [7, 11) is 0. The third kappa shape index (κ3) is 6.15. The fraction of sp³-hybridized carbons (Fsp3) is 0.565. The minimum Gasteiger partial charge on any atom is -0.356 e. The van der Waals surface area contributed by atoms with Crippen LogP contribution in [0.4, 0.5) is 0 Å². The van der Waals surface area contributed by atoms with E-state index in [0.29, 0.717) is 56.9 Å². The molecule has 1 aromatic carbocycles. The lowest BCUT2D eigenvalue weighted by Gasteiger charge is -2.29. The topological polar surface area (TPSA) is 88.3 Å². The van der Waals surface area contributed by atoms with Gasteiger partial charge in [0.25, 0.3) is 0 Å². The molecule has 0 atom stereocenters. The van der Waals surface area contributed by atoms with Crippen LogP contribution in [0.3, 0.4) is 0 Å². The molecule has 3 rings (SSSR count). The summed E-state index contributed by atoms with van der Waals surface area (Å²) in [6.45, 7) is 8.07. The molecule has 0 bridgehead atoms. The SMILES string of the molecule is CC(C)(C)c1noc(CCCC(=O)NCCCC(=O)N2CCc3ccccc3C2)n1. The van der Waals surface area contributed by atoms with Crippen LogP contribution in [0.2, 0.25) is 0 Å². The Morgan fingerprint density at radius 2 is 1.90 bits per heavy atom. The van der Waals surface area contributed by atoms with Crippen molar-refractivity contribution in [2.24, 2.45) is 0 Å². The molecular formula is C23H32N4O3. The van der Waals surface area contributed by atoms with E-state index in [1.54, 1.807) is 0 Å². The maximum absolute atomic E-state index is 12.4. The first kappa shape index (κ1) is 22.0. The van der Waals surface area contributed by atoms with Crippen molar-refractivity contribution in [2.45, 2.75) is 71.3 Å². The number of carbonyl (C=O) groups is 2. The van der Waals surface area contributed by atoms with Gasteiger partial charge in [0.15, 0.2) is 5.82 Å². The van der Waals surface area contributed by atoms with Gasteiger partial charge in [-0.15, -0.1) is 0 Å². The average molecular weight is 413 g/mol. The molecule has 2 aromatic rings. The number of carbonyl (C=O) groups excluding carboxylic acids is 2. The molecule has 1 aliphatic heterocycles. The van der Waals surface area contributed by atoms with Gasteiger partial charge in [-0.1, -0.05) is 50.2 Å². The Labute approximate surface area is 178 Å².